The second-order valence-corrected chi connectivity index (χ2v) is 5.00. The monoisotopic (exact) mass is 217 g/mol. The number of hydrogen-bond acceptors (Lipinski definition) is 0. The van der Waals surface area contributed by atoms with Crippen molar-refractivity contribution in [2.45, 2.75) is 58.8 Å². The zero-order chi connectivity index (χ0) is 10.3. The minimum absolute atomic E-state index is 0. The van der Waals surface area contributed by atoms with Crippen molar-refractivity contribution in [3.8, 4) is 0 Å². The molecule has 0 N–H and O–H groups in total. The second kappa shape index (κ2) is 8.09. The first-order valence-corrected chi connectivity index (χ1v) is 6.68. The molecule has 1 aliphatic rings. The van der Waals surface area contributed by atoms with Crippen LogP contribution < -0.4 is 4.70 Å². The molecule has 1 nitrogen and oxygen atoms in total. The van der Waals surface area contributed by atoms with E-state index < -0.39 is 0 Å². The van der Waals surface area contributed by atoms with Crippen LogP contribution in [0.3, 0.4) is 0 Å². The third kappa shape index (κ3) is 4.96. The van der Waals surface area contributed by atoms with Gasteiger partial charge in [0.2, 0.25) is 0 Å². The van der Waals surface area contributed by atoms with Crippen LogP contribution in [0.5, 0.6) is 0 Å². The number of unbranched alkanes of at least 4 members (excludes halogenated alkanes) is 3. The van der Waals surface area contributed by atoms with Gasteiger partial charge in [-0.2, -0.15) is 0 Å². The average molecular weight is 217 g/mol. The Kier molecular flexibility index (Phi) is 8.03. The lowest BCUT2D eigenvalue weighted by Crippen LogP contribution is -3.00. The van der Waals surface area contributed by atoms with Crippen LogP contribution in [0.15, 0.2) is 0 Å². The van der Waals surface area contributed by atoms with Crippen molar-refractivity contribution in [3.05, 3.63) is 0 Å². The summed E-state index contributed by atoms with van der Waals surface area (Å²) >= 11 is 0. The van der Waals surface area contributed by atoms with Crippen LogP contribution in [0.1, 0.15) is 58.8 Å². The maximum absolute atomic E-state index is 2.34. The molecule has 1 saturated heterocycles. The number of likely N-dealkylation sites (tertiary alicyclic amines) is 1. The fourth-order valence-electron chi connectivity index (χ4n) is 2.91. The molecule has 1 heterocycles. The highest BCUT2D eigenvalue weighted by Crippen LogP contribution is 2.21. The van der Waals surface area contributed by atoms with Gasteiger partial charge in [0.05, 0.1) is 26.2 Å². The SMILES string of the molecule is CCCCCC[N+]1(CCC)CCCC1.[F-]. The summed E-state index contributed by atoms with van der Waals surface area (Å²) in [6.45, 7) is 10.5. The number of rotatable bonds is 7. The third-order valence-electron chi connectivity index (χ3n) is 3.70. The van der Waals surface area contributed by atoms with E-state index in [0.29, 0.717) is 0 Å². The summed E-state index contributed by atoms with van der Waals surface area (Å²) in [5, 5.41) is 0. The van der Waals surface area contributed by atoms with Crippen molar-refractivity contribution < 1.29 is 9.19 Å². The molecular weight excluding hydrogens is 189 g/mol. The first-order chi connectivity index (χ1) is 6.83. The molecule has 0 aromatic heterocycles. The van der Waals surface area contributed by atoms with Gasteiger partial charge in [-0.1, -0.05) is 26.7 Å². The molecule has 0 saturated carbocycles. The molecule has 0 aromatic carbocycles. The number of halogens is 1. The molecule has 0 aromatic rings. The zero-order valence-corrected chi connectivity index (χ0v) is 10.6. The molecule has 1 aliphatic heterocycles. The van der Waals surface area contributed by atoms with Crippen LogP contribution in [0.4, 0.5) is 0 Å². The van der Waals surface area contributed by atoms with E-state index in [9.17, 15) is 0 Å². The van der Waals surface area contributed by atoms with E-state index in [2.05, 4.69) is 13.8 Å². The van der Waals surface area contributed by atoms with Gasteiger partial charge in [-0.3, -0.25) is 0 Å². The summed E-state index contributed by atoms with van der Waals surface area (Å²) in [5.74, 6) is 0. The van der Waals surface area contributed by atoms with Gasteiger partial charge in [0, 0.05) is 12.8 Å². The van der Waals surface area contributed by atoms with Gasteiger partial charge in [-0.05, 0) is 19.3 Å². The first kappa shape index (κ1) is 14.9. The van der Waals surface area contributed by atoms with Crippen molar-refractivity contribution in [1.82, 2.24) is 0 Å². The topological polar surface area (TPSA) is 0 Å². The largest absolute Gasteiger partial charge is 1.00 e. The van der Waals surface area contributed by atoms with Crippen LogP contribution in [0, 0.1) is 0 Å². The van der Waals surface area contributed by atoms with Gasteiger partial charge in [0.25, 0.3) is 0 Å². The molecule has 0 aliphatic carbocycles. The Morgan fingerprint density at radius 3 is 2.00 bits per heavy atom. The fraction of sp³-hybridized carbons (Fsp3) is 1.00. The quantitative estimate of drug-likeness (QED) is 0.432. The van der Waals surface area contributed by atoms with E-state index in [0.717, 1.165) is 0 Å². The summed E-state index contributed by atoms with van der Waals surface area (Å²) in [4.78, 5) is 0. The van der Waals surface area contributed by atoms with Gasteiger partial charge in [0.1, 0.15) is 0 Å². The normalized spacial score (nSPS) is 18.8. The van der Waals surface area contributed by atoms with Gasteiger partial charge in [-0.25, -0.2) is 0 Å². The molecular formula is C13H28FN. The van der Waals surface area contributed by atoms with Crippen molar-refractivity contribution in [3.63, 3.8) is 0 Å². The van der Waals surface area contributed by atoms with Crippen LogP contribution in [0.2, 0.25) is 0 Å². The van der Waals surface area contributed by atoms with Crippen molar-refractivity contribution in [2.24, 2.45) is 0 Å². The highest BCUT2D eigenvalue weighted by Gasteiger charge is 2.29. The highest BCUT2D eigenvalue weighted by molar-refractivity contribution is 4.55. The lowest BCUT2D eigenvalue weighted by atomic mass is 10.2. The standard InChI is InChI=1S/C13H28N.FH/c1-3-5-6-7-11-14(10-4-2)12-8-9-13-14;/h3-13H2,1-2H3;1H/q+1;/p-1. The number of quaternary nitrogens is 1. The van der Waals surface area contributed by atoms with Crippen LogP contribution >= 0.6 is 0 Å². The highest BCUT2D eigenvalue weighted by atomic mass is 19.0. The summed E-state index contributed by atoms with van der Waals surface area (Å²) in [7, 11) is 0. The van der Waals surface area contributed by atoms with Crippen LogP contribution in [-0.2, 0) is 0 Å². The third-order valence-corrected chi connectivity index (χ3v) is 3.70. The second-order valence-electron chi connectivity index (χ2n) is 5.00. The van der Waals surface area contributed by atoms with E-state index in [1.165, 1.54) is 75.6 Å². The molecule has 0 bridgehead atoms. The summed E-state index contributed by atoms with van der Waals surface area (Å²) < 4.78 is 1.46. The van der Waals surface area contributed by atoms with E-state index in [-0.39, 0.29) is 4.70 Å². The summed E-state index contributed by atoms with van der Waals surface area (Å²) in [6, 6.07) is 0. The molecule has 0 spiro atoms. The van der Waals surface area contributed by atoms with Crippen LogP contribution in [-0.4, -0.2) is 30.7 Å². The van der Waals surface area contributed by atoms with E-state index >= 15 is 0 Å². The Hall–Kier alpha value is -0.110. The minimum atomic E-state index is 0. The summed E-state index contributed by atoms with van der Waals surface area (Å²) in [6.07, 6.45) is 10.1. The van der Waals surface area contributed by atoms with Gasteiger partial charge in [0.15, 0.2) is 0 Å². The van der Waals surface area contributed by atoms with E-state index in [1.807, 2.05) is 0 Å². The maximum Gasteiger partial charge on any atom is 0.0788 e. The molecule has 2 heteroatoms. The molecule has 1 rings (SSSR count). The lowest BCUT2D eigenvalue weighted by molar-refractivity contribution is -0.917. The zero-order valence-electron chi connectivity index (χ0n) is 10.6. The molecule has 0 unspecified atom stereocenters. The molecule has 92 valence electrons. The summed E-state index contributed by atoms with van der Waals surface area (Å²) in [5.41, 5.74) is 0. The predicted octanol–water partition coefficient (Wildman–Crippen LogP) is 0.591. The smallest absolute Gasteiger partial charge is 0.0788 e. The van der Waals surface area contributed by atoms with Gasteiger partial charge >= 0.3 is 0 Å². The van der Waals surface area contributed by atoms with Gasteiger partial charge in [-0.15, -0.1) is 0 Å². The Morgan fingerprint density at radius 1 is 0.800 bits per heavy atom. The number of hydrogen-bond donors (Lipinski definition) is 0. The van der Waals surface area contributed by atoms with Gasteiger partial charge < -0.3 is 9.19 Å². The Morgan fingerprint density at radius 2 is 1.47 bits per heavy atom. The molecule has 0 atom stereocenters. The predicted molar refractivity (Wildman–Crippen MR) is 63.4 cm³/mol. The Labute approximate surface area is 94.8 Å². The lowest BCUT2D eigenvalue weighted by Gasteiger charge is -2.34. The van der Waals surface area contributed by atoms with Crippen LogP contribution in [0.25, 0.3) is 0 Å². The molecule has 0 radical (unpaired) electrons. The molecule has 0 amide bonds. The maximum atomic E-state index is 2.34. The van der Waals surface area contributed by atoms with Crippen molar-refractivity contribution >= 4 is 0 Å². The van der Waals surface area contributed by atoms with E-state index in [1.54, 1.807) is 0 Å². The first-order valence-electron chi connectivity index (χ1n) is 6.68. The minimum Gasteiger partial charge on any atom is -1.00 e. The van der Waals surface area contributed by atoms with Crippen molar-refractivity contribution in [1.29, 1.82) is 0 Å². The van der Waals surface area contributed by atoms with Crippen molar-refractivity contribution in [2.75, 3.05) is 26.2 Å². The average Bonchev–Trinajstić information content (AvgIpc) is 2.63. The Bertz CT molecular complexity index is 141. The molecule has 1 fully saturated rings. The molecule has 15 heavy (non-hydrogen) atoms. The Balaban J connectivity index is 0.00000196. The fourth-order valence-corrected chi connectivity index (χ4v) is 2.91. The van der Waals surface area contributed by atoms with E-state index in [4.69, 9.17) is 0 Å². The number of nitrogens with zero attached hydrogens (tertiary/aromatic N) is 1.